The van der Waals surface area contributed by atoms with Crippen LogP contribution in [0, 0.1) is 0 Å². The third-order valence-corrected chi connectivity index (χ3v) is 5.85. The number of rotatable bonds is 6. The fraction of sp³-hybridized carbons (Fsp3) is 0.526. The highest BCUT2D eigenvalue weighted by Gasteiger charge is 2.23. The summed E-state index contributed by atoms with van der Waals surface area (Å²) in [4.78, 5) is 14.9. The Bertz CT molecular complexity index is 868. The number of nitrogens with one attached hydrogen (secondary N) is 1. The van der Waals surface area contributed by atoms with Crippen molar-refractivity contribution in [2.45, 2.75) is 30.8 Å². The number of anilines is 2. The monoisotopic (exact) mass is 419 g/mol. The van der Waals surface area contributed by atoms with Gasteiger partial charge in [-0.1, -0.05) is 11.8 Å². The molecule has 1 fully saturated rings. The second-order valence-corrected chi connectivity index (χ2v) is 8.04. The predicted molar refractivity (Wildman–Crippen MR) is 110 cm³/mol. The molecule has 0 aliphatic carbocycles. The lowest BCUT2D eigenvalue weighted by molar-refractivity contribution is -0.115. The van der Waals surface area contributed by atoms with Gasteiger partial charge in [-0.2, -0.15) is 0 Å². The average molecular weight is 420 g/mol. The molecule has 1 aromatic carbocycles. The number of nitrogens with zero attached hydrogens (tertiary/aromatic N) is 4. The number of ether oxygens (including phenoxy) is 3. The molecule has 29 heavy (non-hydrogen) atoms. The molecule has 1 saturated heterocycles. The van der Waals surface area contributed by atoms with Gasteiger partial charge in [0, 0.05) is 31.4 Å². The highest BCUT2D eigenvalue weighted by molar-refractivity contribution is 8.00. The van der Waals surface area contributed by atoms with E-state index in [0.717, 1.165) is 30.7 Å². The van der Waals surface area contributed by atoms with Gasteiger partial charge >= 0.3 is 0 Å². The summed E-state index contributed by atoms with van der Waals surface area (Å²) >= 11 is 1.40. The highest BCUT2D eigenvalue weighted by atomic mass is 32.2. The Hall–Kier alpha value is -2.46. The molecule has 0 radical (unpaired) electrons. The van der Waals surface area contributed by atoms with Gasteiger partial charge in [-0.3, -0.25) is 9.36 Å². The Morgan fingerprint density at radius 3 is 2.69 bits per heavy atom. The maximum Gasteiger partial charge on any atom is 0.237 e. The smallest absolute Gasteiger partial charge is 0.237 e. The van der Waals surface area contributed by atoms with Crippen LogP contribution in [-0.4, -0.2) is 65.4 Å². The summed E-state index contributed by atoms with van der Waals surface area (Å²) in [5.74, 6) is 2.07. The lowest BCUT2D eigenvalue weighted by Gasteiger charge is -2.27. The predicted octanol–water partition coefficient (Wildman–Crippen LogP) is 2.03. The summed E-state index contributed by atoms with van der Waals surface area (Å²) < 4.78 is 18.6. The van der Waals surface area contributed by atoms with E-state index in [-0.39, 0.29) is 11.2 Å². The molecule has 9 nitrogen and oxygen atoms in total. The standard InChI is InChI=1S/C19H25N5O4S/c1-3-24-18(23-6-8-26-9-7-23)21-22-19(24)29-13(2)17(25)20-14-4-5-15-16(12-14)28-11-10-27-15/h4-5,12-13H,3,6-11H2,1-2H3,(H,20,25)/t13-/m0/s1. The first-order valence-electron chi connectivity index (χ1n) is 9.78. The minimum absolute atomic E-state index is 0.106. The summed E-state index contributed by atoms with van der Waals surface area (Å²) in [6.45, 7) is 8.66. The molecule has 1 N–H and O–H groups in total. The fourth-order valence-electron chi connectivity index (χ4n) is 3.22. The SMILES string of the molecule is CCn1c(S[C@@H](C)C(=O)Nc2ccc3c(c2)OCCO3)nnc1N1CCOCC1. The topological polar surface area (TPSA) is 90.7 Å². The van der Waals surface area contributed by atoms with Crippen molar-refractivity contribution in [3.8, 4) is 11.5 Å². The molecule has 1 aromatic heterocycles. The fourth-order valence-corrected chi connectivity index (χ4v) is 4.13. The molecule has 0 bridgehead atoms. The third kappa shape index (κ3) is 4.43. The number of amides is 1. The van der Waals surface area contributed by atoms with Gasteiger partial charge in [-0.15, -0.1) is 10.2 Å². The highest BCUT2D eigenvalue weighted by Crippen LogP contribution is 2.33. The normalized spacial score (nSPS) is 17.1. The molecule has 10 heteroatoms. The molecule has 1 atom stereocenters. The van der Waals surface area contributed by atoms with Crippen molar-refractivity contribution < 1.29 is 19.0 Å². The van der Waals surface area contributed by atoms with E-state index in [9.17, 15) is 4.79 Å². The summed E-state index contributed by atoms with van der Waals surface area (Å²) in [6, 6.07) is 5.41. The number of carbonyl (C=O) groups excluding carboxylic acids is 1. The average Bonchev–Trinajstić information content (AvgIpc) is 3.16. The Balaban J connectivity index is 1.41. The van der Waals surface area contributed by atoms with E-state index >= 15 is 0 Å². The van der Waals surface area contributed by atoms with Crippen LogP contribution >= 0.6 is 11.8 Å². The van der Waals surface area contributed by atoms with E-state index in [0.29, 0.717) is 43.6 Å². The van der Waals surface area contributed by atoms with Crippen LogP contribution in [0.15, 0.2) is 23.4 Å². The lowest BCUT2D eigenvalue weighted by atomic mass is 10.2. The number of carbonyl (C=O) groups is 1. The van der Waals surface area contributed by atoms with E-state index in [2.05, 4.69) is 27.3 Å². The zero-order chi connectivity index (χ0) is 20.2. The Morgan fingerprint density at radius 2 is 1.93 bits per heavy atom. The maximum atomic E-state index is 12.7. The second-order valence-electron chi connectivity index (χ2n) is 6.73. The number of fused-ring (bicyclic) bond motifs is 1. The van der Waals surface area contributed by atoms with Crippen molar-refractivity contribution in [1.82, 2.24) is 14.8 Å². The minimum atomic E-state index is -0.338. The minimum Gasteiger partial charge on any atom is -0.486 e. The van der Waals surface area contributed by atoms with E-state index in [1.54, 1.807) is 6.07 Å². The largest absolute Gasteiger partial charge is 0.486 e. The number of aromatic nitrogens is 3. The molecule has 2 aliphatic rings. The van der Waals surface area contributed by atoms with Gasteiger partial charge in [-0.05, 0) is 26.0 Å². The zero-order valence-electron chi connectivity index (χ0n) is 16.6. The number of benzene rings is 1. The summed E-state index contributed by atoms with van der Waals surface area (Å²) in [6.07, 6.45) is 0. The quantitative estimate of drug-likeness (QED) is 0.712. The zero-order valence-corrected chi connectivity index (χ0v) is 17.4. The number of hydrogen-bond acceptors (Lipinski definition) is 8. The first-order chi connectivity index (χ1) is 14.2. The maximum absolute atomic E-state index is 12.7. The lowest BCUT2D eigenvalue weighted by Crippen LogP contribution is -2.38. The molecule has 2 aromatic rings. The van der Waals surface area contributed by atoms with Crippen LogP contribution in [0.3, 0.4) is 0 Å². The van der Waals surface area contributed by atoms with Crippen molar-refractivity contribution in [3.05, 3.63) is 18.2 Å². The van der Waals surface area contributed by atoms with Crippen molar-refractivity contribution in [3.63, 3.8) is 0 Å². The molecule has 3 heterocycles. The van der Waals surface area contributed by atoms with Gasteiger partial charge in [0.05, 0.1) is 18.5 Å². The van der Waals surface area contributed by atoms with Crippen molar-refractivity contribution in [2.24, 2.45) is 0 Å². The molecule has 0 unspecified atom stereocenters. The van der Waals surface area contributed by atoms with Gasteiger partial charge in [0.2, 0.25) is 11.9 Å². The van der Waals surface area contributed by atoms with Crippen LogP contribution in [0.5, 0.6) is 11.5 Å². The summed E-state index contributed by atoms with van der Waals surface area (Å²) in [5.41, 5.74) is 0.678. The molecule has 0 spiro atoms. The van der Waals surface area contributed by atoms with E-state index < -0.39 is 0 Å². The molecular weight excluding hydrogens is 394 g/mol. The van der Waals surface area contributed by atoms with Crippen molar-refractivity contribution in [1.29, 1.82) is 0 Å². The Kier molecular flexibility index (Phi) is 6.10. The van der Waals surface area contributed by atoms with Crippen LogP contribution in [0.1, 0.15) is 13.8 Å². The van der Waals surface area contributed by atoms with E-state index in [4.69, 9.17) is 14.2 Å². The first kappa shape index (κ1) is 19.8. The van der Waals surface area contributed by atoms with Crippen molar-refractivity contribution in [2.75, 3.05) is 49.7 Å². The van der Waals surface area contributed by atoms with Gasteiger partial charge in [0.25, 0.3) is 0 Å². The van der Waals surface area contributed by atoms with Gasteiger partial charge in [-0.25, -0.2) is 0 Å². The van der Waals surface area contributed by atoms with Gasteiger partial charge in [0.15, 0.2) is 16.7 Å². The van der Waals surface area contributed by atoms with Crippen molar-refractivity contribution >= 4 is 29.3 Å². The van der Waals surface area contributed by atoms with Crippen LogP contribution in [0.4, 0.5) is 11.6 Å². The molecule has 0 saturated carbocycles. The van der Waals surface area contributed by atoms with Gasteiger partial charge in [0.1, 0.15) is 13.2 Å². The molecule has 2 aliphatic heterocycles. The molecule has 4 rings (SSSR count). The first-order valence-corrected chi connectivity index (χ1v) is 10.7. The van der Waals surface area contributed by atoms with Crippen LogP contribution in [0.25, 0.3) is 0 Å². The van der Waals surface area contributed by atoms with Crippen LogP contribution in [-0.2, 0) is 16.1 Å². The Morgan fingerprint density at radius 1 is 1.17 bits per heavy atom. The number of hydrogen-bond donors (Lipinski definition) is 1. The molecule has 1 amide bonds. The molecule has 156 valence electrons. The Labute approximate surface area is 173 Å². The number of thioether (sulfide) groups is 1. The molecular formula is C19H25N5O4S. The van der Waals surface area contributed by atoms with E-state index in [1.807, 2.05) is 23.6 Å². The van der Waals surface area contributed by atoms with Gasteiger partial charge < -0.3 is 24.4 Å². The second kappa shape index (κ2) is 8.91. The summed E-state index contributed by atoms with van der Waals surface area (Å²) in [7, 11) is 0. The van der Waals surface area contributed by atoms with Crippen LogP contribution in [0.2, 0.25) is 0 Å². The van der Waals surface area contributed by atoms with Crippen LogP contribution < -0.4 is 19.7 Å². The third-order valence-electron chi connectivity index (χ3n) is 4.77. The summed E-state index contributed by atoms with van der Waals surface area (Å²) in [5, 5.41) is 12.0. The van der Waals surface area contributed by atoms with E-state index in [1.165, 1.54) is 11.8 Å². The number of morpholine rings is 1.